The highest BCUT2D eigenvalue weighted by atomic mass is 16.4. The van der Waals surface area contributed by atoms with Crippen molar-refractivity contribution in [1.82, 2.24) is 5.32 Å². The lowest BCUT2D eigenvalue weighted by Gasteiger charge is -2.24. The van der Waals surface area contributed by atoms with Crippen LogP contribution in [0.1, 0.15) is 43.5 Å². The van der Waals surface area contributed by atoms with Gasteiger partial charge < -0.3 is 15.7 Å². The van der Waals surface area contributed by atoms with Gasteiger partial charge in [0.25, 0.3) is 5.91 Å². The van der Waals surface area contributed by atoms with E-state index in [0.717, 1.165) is 6.42 Å². The highest BCUT2D eigenvalue weighted by Gasteiger charge is 2.33. The number of aliphatic carboxylic acids is 1. The standard InChI is InChI=1S/C19H24N2O4/c1-3-12(2)20-17(22)13-8-10-14(11-9-13)21-18(23)15-6-4-5-7-16(15)19(24)25/h4-5,8-12,15-16H,3,6-7H2,1-2H3,(H,20,22)(H,21,23)(H,24,25)/t12-,15-,16+/m0/s1. The van der Waals surface area contributed by atoms with Crippen LogP contribution >= 0.6 is 0 Å². The maximum Gasteiger partial charge on any atom is 0.307 e. The van der Waals surface area contributed by atoms with Crippen LogP contribution in [0.3, 0.4) is 0 Å². The molecule has 0 unspecified atom stereocenters. The van der Waals surface area contributed by atoms with E-state index in [4.69, 9.17) is 0 Å². The van der Waals surface area contributed by atoms with Crippen LogP contribution in [-0.4, -0.2) is 28.9 Å². The third kappa shape index (κ3) is 4.92. The van der Waals surface area contributed by atoms with Crippen LogP contribution in [0, 0.1) is 11.8 Å². The Hall–Kier alpha value is -2.63. The second-order valence-corrected chi connectivity index (χ2v) is 6.34. The predicted octanol–water partition coefficient (Wildman–Crippen LogP) is 2.82. The van der Waals surface area contributed by atoms with Crippen molar-refractivity contribution in [2.24, 2.45) is 11.8 Å². The van der Waals surface area contributed by atoms with Gasteiger partial charge in [0.2, 0.25) is 5.91 Å². The summed E-state index contributed by atoms with van der Waals surface area (Å²) < 4.78 is 0. The Labute approximate surface area is 147 Å². The average molecular weight is 344 g/mol. The van der Waals surface area contributed by atoms with E-state index in [2.05, 4.69) is 10.6 Å². The normalized spacial score (nSPS) is 20.6. The van der Waals surface area contributed by atoms with E-state index >= 15 is 0 Å². The molecular formula is C19H24N2O4. The van der Waals surface area contributed by atoms with Gasteiger partial charge in [-0.2, -0.15) is 0 Å². The summed E-state index contributed by atoms with van der Waals surface area (Å²) >= 11 is 0. The molecule has 0 fully saturated rings. The van der Waals surface area contributed by atoms with Gasteiger partial charge >= 0.3 is 5.97 Å². The molecule has 1 aliphatic rings. The number of amides is 2. The molecule has 2 rings (SSSR count). The Morgan fingerprint density at radius 1 is 1.12 bits per heavy atom. The van der Waals surface area contributed by atoms with Crippen LogP contribution < -0.4 is 10.6 Å². The minimum Gasteiger partial charge on any atom is -0.481 e. The van der Waals surface area contributed by atoms with Gasteiger partial charge in [0, 0.05) is 17.3 Å². The van der Waals surface area contributed by atoms with E-state index in [1.54, 1.807) is 30.3 Å². The number of hydrogen-bond donors (Lipinski definition) is 3. The summed E-state index contributed by atoms with van der Waals surface area (Å²) in [6.07, 6.45) is 5.26. The van der Waals surface area contributed by atoms with Crippen LogP contribution in [0.5, 0.6) is 0 Å². The lowest BCUT2D eigenvalue weighted by Crippen LogP contribution is -2.34. The number of rotatable bonds is 6. The Kier molecular flexibility index (Phi) is 6.33. The molecule has 1 aliphatic carbocycles. The van der Waals surface area contributed by atoms with Gasteiger partial charge in [-0.25, -0.2) is 0 Å². The lowest BCUT2D eigenvalue weighted by molar-refractivity contribution is -0.146. The Bertz CT molecular complexity index is 667. The first kappa shape index (κ1) is 18.7. The zero-order chi connectivity index (χ0) is 18.4. The smallest absolute Gasteiger partial charge is 0.307 e. The van der Waals surface area contributed by atoms with Crippen molar-refractivity contribution in [2.75, 3.05) is 5.32 Å². The maximum atomic E-state index is 12.4. The molecule has 0 spiro atoms. The Morgan fingerprint density at radius 3 is 2.28 bits per heavy atom. The van der Waals surface area contributed by atoms with Gasteiger partial charge in [0.1, 0.15) is 0 Å². The quantitative estimate of drug-likeness (QED) is 0.692. The molecule has 0 bridgehead atoms. The molecule has 134 valence electrons. The molecule has 1 aromatic rings. The van der Waals surface area contributed by atoms with Crippen molar-refractivity contribution < 1.29 is 19.5 Å². The van der Waals surface area contributed by atoms with Crippen molar-refractivity contribution in [3.8, 4) is 0 Å². The molecule has 0 saturated carbocycles. The minimum absolute atomic E-state index is 0.0965. The van der Waals surface area contributed by atoms with Crippen LogP contribution in [0.15, 0.2) is 36.4 Å². The fourth-order valence-electron chi connectivity index (χ4n) is 2.73. The van der Waals surface area contributed by atoms with Crippen molar-refractivity contribution in [3.05, 3.63) is 42.0 Å². The highest BCUT2D eigenvalue weighted by Crippen LogP contribution is 2.27. The number of carboxylic acids is 1. The monoisotopic (exact) mass is 344 g/mol. The fraction of sp³-hybridized carbons (Fsp3) is 0.421. The summed E-state index contributed by atoms with van der Waals surface area (Å²) in [5, 5.41) is 14.9. The Morgan fingerprint density at radius 2 is 1.72 bits per heavy atom. The van der Waals surface area contributed by atoms with Gasteiger partial charge in [-0.05, 0) is 50.5 Å². The zero-order valence-corrected chi connectivity index (χ0v) is 14.5. The number of carbonyl (C=O) groups is 3. The zero-order valence-electron chi connectivity index (χ0n) is 14.5. The maximum absolute atomic E-state index is 12.4. The molecule has 3 atom stereocenters. The van der Waals surface area contributed by atoms with E-state index in [9.17, 15) is 19.5 Å². The molecule has 0 saturated heterocycles. The highest BCUT2D eigenvalue weighted by molar-refractivity contribution is 5.97. The molecule has 3 N–H and O–H groups in total. The van der Waals surface area contributed by atoms with Crippen molar-refractivity contribution >= 4 is 23.5 Å². The van der Waals surface area contributed by atoms with Gasteiger partial charge in [-0.15, -0.1) is 0 Å². The molecule has 6 heteroatoms. The Balaban J connectivity index is 2.00. The average Bonchev–Trinajstić information content (AvgIpc) is 2.62. The van der Waals surface area contributed by atoms with Gasteiger partial charge in [-0.1, -0.05) is 19.1 Å². The summed E-state index contributed by atoms with van der Waals surface area (Å²) in [5.74, 6) is -2.72. The number of benzene rings is 1. The largest absolute Gasteiger partial charge is 0.481 e. The second kappa shape index (κ2) is 8.46. The van der Waals surface area contributed by atoms with E-state index in [1.165, 1.54) is 0 Å². The number of carboxylic acid groups (broad SMARTS) is 1. The van der Waals surface area contributed by atoms with E-state index in [0.29, 0.717) is 24.1 Å². The summed E-state index contributed by atoms with van der Waals surface area (Å²) in [5.41, 5.74) is 1.06. The molecule has 0 radical (unpaired) electrons. The first-order chi connectivity index (χ1) is 11.9. The van der Waals surface area contributed by atoms with Crippen LogP contribution in [-0.2, 0) is 9.59 Å². The number of hydrogen-bond acceptors (Lipinski definition) is 3. The summed E-state index contributed by atoms with van der Waals surface area (Å²) in [6, 6.07) is 6.68. The van der Waals surface area contributed by atoms with E-state index in [-0.39, 0.29) is 17.9 Å². The predicted molar refractivity (Wildman–Crippen MR) is 95.3 cm³/mol. The molecule has 1 aromatic carbocycles. The van der Waals surface area contributed by atoms with Gasteiger partial charge in [0.05, 0.1) is 11.8 Å². The topological polar surface area (TPSA) is 95.5 Å². The van der Waals surface area contributed by atoms with Crippen LogP contribution in [0.2, 0.25) is 0 Å². The summed E-state index contributed by atoms with van der Waals surface area (Å²) in [7, 11) is 0. The van der Waals surface area contributed by atoms with Crippen LogP contribution in [0.25, 0.3) is 0 Å². The van der Waals surface area contributed by atoms with E-state index < -0.39 is 17.8 Å². The number of allylic oxidation sites excluding steroid dienone is 2. The van der Waals surface area contributed by atoms with Gasteiger partial charge in [-0.3, -0.25) is 14.4 Å². The molecular weight excluding hydrogens is 320 g/mol. The fourth-order valence-corrected chi connectivity index (χ4v) is 2.73. The first-order valence-corrected chi connectivity index (χ1v) is 8.52. The minimum atomic E-state index is -0.957. The molecule has 2 amide bonds. The van der Waals surface area contributed by atoms with Crippen molar-refractivity contribution in [1.29, 1.82) is 0 Å². The third-order valence-corrected chi connectivity index (χ3v) is 4.49. The SMILES string of the molecule is CC[C@H](C)NC(=O)c1ccc(NC(=O)[C@H]2CC=CC[C@H]2C(=O)O)cc1. The number of carbonyl (C=O) groups excluding carboxylic acids is 2. The number of nitrogens with one attached hydrogen (secondary N) is 2. The summed E-state index contributed by atoms with van der Waals surface area (Å²) in [4.78, 5) is 35.7. The van der Waals surface area contributed by atoms with E-state index in [1.807, 2.05) is 19.9 Å². The van der Waals surface area contributed by atoms with Crippen LogP contribution in [0.4, 0.5) is 5.69 Å². The molecule has 0 heterocycles. The van der Waals surface area contributed by atoms with Crippen molar-refractivity contribution in [3.63, 3.8) is 0 Å². The molecule has 0 aromatic heterocycles. The third-order valence-electron chi connectivity index (χ3n) is 4.49. The molecule has 25 heavy (non-hydrogen) atoms. The molecule has 0 aliphatic heterocycles. The lowest BCUT2D eigenvalue weighted by atomic mass is 9.82. The van der Waals surface area contributed by atoms with Crippen molar-refractivity contribution in [2.45, 2.75) is 39.2 Å². The number of anilines is 1. The molecule has 6 nitrogen and oxygen atoms in total. The van der Waals surface area contributed by atoms with Gasteiger partial charge in [0.15, 0.2) is 0 Å². The summed E-state index contributed by atoms with van der Waals surface area (Å²) in [6.45, 7) is 3.93. The second-order valence-electron chi connectivity index (χ2n) is 6.34. The first-order valence-electron chi connectivity index (χ1n) is 8.52.